The number of benzene rings is 2. The lowest BCUT2D eigenvalue weighted by Crippen LogP contribution is -2.14. The minimum absolute atomic E-state index is 0.00801. The number of pyridine rings is 1. The van der Waals surface area contributed by atoms with Crippen LogP contribution in [0, 0.1) is 13.8 Å². The van der Waals surface area contributed by atoms with E-state index >= 15 is 0 Å². The van der Waals surface area contributed by atoms with Crippen LogP contribution in [0.15, 0.2) is 85.7 Å². The first kappa shape index (κ1) is 22.0. The summed E-state index contributed by atoms with van der Waals surface area (Å²) in [6, 6.07) is 12.2. The fraction of sp³-hybridized carbons (Fsp3) is 0.107. The van der Waals surface area contributed by atoms with Crippen molar-refractivity contribution in [1.82, 2.24) is 24.5 Å². The third kappa shape index (κ3) is 5.93. The van der Waals surface area contributed by atoms with Gasteiger partial charge in [0.15, 0.2) is 0 Å². The van der Waals surface area contributed by atoms with E-state index in [1.165, 1.54) is 41.4 Å². The highest BCUT2D eigenvalue weighted by Crippen LogP contribution is 2.33. The van der Waals surface area contributed by atoms with Crippen LogP contribution < -0.4 is 10.6 Å². The summed E-state index contributed by atoms with van der Waals surface area (Å²) in [6.45, 7) is -0.862. The van der Waals surface area contributed by atoms with E-state index in [0.29, 0.717) is 17.0 Å². The predicted octanol–water partition coefficient (Wildman–Crippen LogP) is 6.36. The highest BCUT2D eigenvalue weighted by Gasteiger charge is 2.31. The van der Waals surface area contributed by atoms with E-state index in [1.54, 1.807) is 43.7 Å². The summed E-state index contributed by atoms with van der Waals surface area (Å²) in [4.78, 5) is 29.9. The second-order valence-electron chi connectivity index (χ2n) is 8.54. The molecule has 0 unspecified atom stereocenters. The van der Waals surface area contributed by atoms with Crippen LogP contribution in [0.4, 0.5) is 30.5 Å². The second-order valence-corrected chi connectivity index (χ2v) is 8.54. The molecule has 5 aromatic rings. The zero-order chi connectivity index (χ0) is 30.1. The zero-order valence-corrected chi connectivity index (χ0v) is 20.4. The van der Waals surface area contributed by atoms with E-state index in [4.69, 9.17) is 4.11 Å². The molecule has 0 aliphatic carbocycles. The van der Waals surface area contributed by atoms with Gasteiger partial charge in [0.05, 0.1) is 23.3 Å². The number of aromatic nitrogens is 5. The predicted molar refractivity (Wildman–Crippen MR) is 141 cm³/mol. The van der Waals surface area contributed by atoms with Crippen molar-refractivity contribution in [2.24, 2.45) is 0 Å². The van der Waals surface area contributed by atoms with Gasteiger partial charge in [0.2, 0.25) is 5.95 Å². The van der Waals surface area contributed by atoms with Gasteiger partial charge in [-0.05, 0) is 67.9 Å². The molecule has 196 valence electrons. The number of hydrogen-bond acceptors (Lipinski definition) is 6. The Balaban J connectivity index is 1.47. The second kappa shape index (κ2) is 10.4. The van der Waals surface area contributed by atoms with Crippen molar-refractivity contribution in [3.63, 3.8) is 0 Å². The number of nitrogens with one attached hydrogen (secondary N) is 2. The van der Waals surface area contributed by atoms with Gasteiger partial charge in [0.1, 0.15) is 0 Å². The quantitative estimate of drug-likeness (QED) is 0.264. The topological polar surface area (TPSA) is 97.6 Å². The molecule has 1 amide bonds. The average molecular weight is 533 g/mol. The molecule has 11 heteroatoms. The van der Waals surface area contributed by atoms with Crippen molar-refractivity contribution in [2.45, 2.75) is 20.0 Å². The van der Waals surface area contributed by atoms with Gasteiger partial charge in [-0.2, -0.15) is 13.2 Å². The first-order valence-corrected chi connectivity index (χ1v) is 11.6. The Kier molecular flexibility index (Phi) is 5.84. The number of anilines is 3. The van der Waals surface area contributed by atoms with Crippen LogP contribution in [-0.4, -0.2) is 30.4 Å². The van der Waals surface area contributed by atoms with E-state index in [-0.39, 0.29) is 34.1 Å². The van der Waals surface area contributed by atoms with E-state index in [0.717, 1.165) is 12.1 Å². The fourth-order valence-electron chi connectivity index (χ4n) is 3.77. The first-order valence-electron chi connectivity index (χ1n) is 13.1. The molecule has 0 saturated carbocycles. The molecule has 0 saturated heterocycles. The molecule has 0 aliphatic rings. The SMILES string of the molecule is [2H]C([2H])([2H])c1ccc(C(=O)Nc2cc(-n3cnc(C)c3)cc(C(F)(F)F)c2)cc1Nc1nccc(-c2cccnc2)n1. The molecule has 0 spiro atoms. The van der Waals surface area contributed by atoms with Gasteiger partial charge in [-0.15, -0.1) is 0 Å². The van der Waals surface area contributed by atoms with Crippen LogP contribution in [0.5, 0.6) is 0 Å². The minimum Gasteiger partial charge on any atom is -0.324 e. The third-order valence-corrected chi connectivity index (χ3v) is 5.65. The smallest absolute Gasteiger partial charge is 0.324 e. The number of carbonyl (C=O) groups excluding carboxylic acids is 1. The maximum Gasteiger partial charge on any atom is 0.416 e. The number of imidazole rings is 1. The van der Waals surface area contributed by atoms with Gasteiger partial charge < -0.3 is 15.2 Å². The molecule has 3 heterocycles. The molecule has 0 radical (unpaired) electrons. The number of amides is 1. The van der Waals surface area contributed by atoms with Crippen LogP contribution in [0.2, 0.25) is 0 Å². The molecule has 0 aliphatic heterocycles. The van der Waals surface area contributed by atoms with Crippen molar-refractivity contribution in [3.8, 4) is 16.9 Å². The molecule has 39 heavy (non-hydrogen) atoms. The van der Waals surface area contributed by atoms with Gasteiger partial charge in [-0.3, -0.25) is 9.78 Å². The van der Waals surface area contributed by atoms with E-state index in [1.807, 2.05) is 0 Å². The van der Waals surface area contributed by atoms with Gasteiger partial charge in [-0.1, -0.05) is 6.07 Å². The molecule has 0 fully saturated rings. The van der Waals surface area contributed by atoms with Crippen molar-refractivity contribution in [2.75, 3.05) is 10.6 Å². The number of nitrogens with zero attached hydrogens (tertiary/aromatic N) is 5. The van der Waals surface area contributed by atoms with Gasteiger partial charge in [0.25, 0.3) is 5.91 Å². The number of hydrogen-bond donors (Lipinski definition) is 2. The Morgan fingerprint density at radius 1 is 1.05 bits per heavy atom. The molecule has 8 nitrogen and oxygen atoms in total. The zero-order valence-electron chi connectivity index (χ0n) is 23.4. The van der Waals surface area contributed by atoms with E-state index in [9.17, 15) is 18.0 Å². The maximum atomic E-state index is 13.7. The van der Waals surface area contributed by atoms with Crippen LogP contribution in [0.3, 0.4) is 0 Å². The van der Waals surface area contributed by atoms with Crippen molar-refractivity contribution >= 4 is 23.2 Å². The van der Waals surface area contributed by atoms with Crippen LogP contribution >= 0.6 is 0 Å². The summed E-state index contributed by atoms with van der Waals surface area (Å²) in [6.07, 6.45) is 2.95. The van der Waals surface area contributed by atoms with Crippen LogP contribution in [0.25, 0.3) is 16.9 Å². The fourth-order valence-corrected chi connectivity index (χ4v) is 3.77. The lowest BCUT2D eigenvalue weighted by atomic mass is 10.1. The van der Waals surface area contributed by atoms with E-state index in [2.05, 4.69) is 30.6 Å². The summed E-state index contributed by atoms with van der Waals surface area (Å²) in [5.74, 6) is -0.690. The van der Waals surface area contributed by atoms with Crippen molar-refractivity contribution in [1.29, 1.82) is 0 Å². The highest BCUT2D eigenvalue weighted by atomic mass is 19.4. The van der Waals surface area contributed by atoms with E-state index < -0.39 is 24.5 Å². The molecular weight excluding hydrogens is 507 g/mol. The number of carbonyl (C=O) groups is 1. The lowest BCUT2D eigenvalue weighted by Gasteiger charge is -2.14. The van der Waals surface area contributed by atoms with Gasteiger partial charge in [0, 0.05) is 57.1 Å². The maximum absolute atomic E-state index is 13.7. The first-order chi connectivity index (χ1) is 19.9. The summed E-state index contributed by atoms with van der Waals surface area (Å²) in [5, 5.41) is 5.36. The number of rotatable bonds is 6. The normalized spacial score (nSPS) is 12.8. The molecule has 2 N–H and O–H groups in total. The summed E-state index contributed by atoms with van der Waals surface area (Å²) >= 11 is 0. The minimum atomic E-state index is -4.67. The Bertz CT molecular complexity index is 1760. The Morgan fingerprint density at radius 2 is 1.92 bits per heavy atom. The average Bonchev–Trinajstić information content (AvgIpc) is 3.38. The number of aryl methyl sites for hydroxylation is 2. The molecule has 2 aromatic carbocycles. The summed E-state index contributed by atoms with van der Waals surface area (Å²) in [7, 11) is 0. The Morgan fingerprint density at radius 3 is 2.64 bits per heavy atom. The van der Waals surface area contributed by atoms with Crippen molar-refractivity contribution in [3.05, 3.63) is 108 Å². The molecule has 0 bridgehead atoms. The van der Waals surface area contributed by atoms with Gasteiger partial charge in [-0.25, -0.2) is 15.0 Å². The lowest BCUT2D eigenvalue weighted by molar-refractivity contribution is -0.137. The number of halogens is 3. The largest absolute Gasteiger partial charge is 0.416 e. The highest BCUT2D eigenvalue weighted by molar-refractivity contribution is 6.05. The van der Waals surface area contributed by atoms with Crippen LogP contribution in [-0.2, 0) is 6.18 Å². The standard InChI is InChI=1S/C28H22F3N7O/c1-17-5-6-19(10-25(17)37-27-33-9-7-24(36-27)20-4-3-8-32-14-20)26(39)35-22-11-21(28(29,30)31)12-23(13-22)38-15-18(2)34-16-38/h3-16H,1-2H3,(H,35,39)(H,33,36,37)/i1D3. The Labute approximate surface area is 225 Å². The number of alkyl halides is 3. The molecule has 3 aromatic heterocycles. The molecular formula is C28H22F3N7O. The third-order valence-electron chi connectivity index (χ3n) is 5.65. The molecule has 0 atom stereocenters. The Hall–Kier alpha value is -5.06. The van der Waals surface area contributed by atoms with Gasteiger partial charge >= 0.3 is 6.18 Å². The summed E-state index contributed by atoms with van der Waals surface area (Å²) in [5.41, 5.74) is 0.818. The summed E-state index contributed by atoms with van der Waals surface area (Å²) < 4.78 is 66.2. The van der Waals surface area contributed by atoms with Crippen LogP contribution in [0.1, 0.15) is 31.3 Å². The monoisotopic (exact) mass is 532 g/mol. The van der Waals surface area contributed by atoms with Crippen molar-refractivity contribution < 1.29 is 22.1 Å². The molecule has 5 rings (SSSR count).